The van der Waals surface area contributed by atoms with Gasteiger partial charge >= 0.3 is 0 Å². The molecule has 0 aromatic heterocycles. The predicted molar refractivity (Wildman–Crippen MR) is 71.9 cm³/mol. The minimum absolute atomic E-state index is 0.0942. The van der Waals surface area contributed by atoms with Gasteiger partial charge in [0.05, 0.1) is 18.3 Å². The van der Waals surface area contributed by atoms with Crippen LogP contribution in [0.15, 0.2) is 18.2 Å². The molecule has 0 radical (unpaired) electrons. The maximum absolute atomic E-state index is 13.9. The molecule has 2 rings (SSSR count). The molecule has 0 aliphatic heterocycles. The van der Waals surface area contributed by atoms with Gasteiger partial charge in [-0.05, 0) is 24.8 Å². The Morgan fingerprint density at radius 2 is 2.16 bits per heavy atom. The van der Waals surface area contributed by atoms with Crippen LogP contribution < -0.4 is 0 Å². The predicted octanol–water partition coefficient (Wildman–Crippen LogP) is 4.18. The van der Waals surface area contributed by atoms with Crippen molar-refractivity contribution in [1.29, 1.82) is 5.26 Å². The van der Waals surface area contributed by atoms with Crippen LogP contribution in [0, 0.1) is 23.1 Å². The van der Waals surface area contributed by atoms with Gasteiger partial charge in [-0.25, -0.2) is 4.39 Å². The van der Waals surface area contributed by atoms with Gasteiger partial charge < -0.3 is 4.74 Å². The quantitative estimate of drug-likeness (QED) is 0.814. The summed E-state index contributed by atoms with van der Waals surface area (Å²) in [5, 5.41) is 8.81. The Kier molecular flexibility index (Phi) is 4.93. The number of rotatable bonds is 4. The van der Waals surface area contributed by atoms with Crippen molar-refractivity contribution < 1.29 is 9.13 Å². The summed E-state index contributed by atoms with van der Waals surface area (Å²) in [6.45, 7) is 2.45. The van der Waals surface area contributed by atoms with Gasteiger partial charge in [-0.3, -0.25) is 0 Å². The zero-order valence-electron chi connectivity index (χ0n) is 11.4. The Balaban J connectivity index is 2.00. The average Bonchev–Trinajstić information content (AvgIpc) is 2.46. The molecule has 1 aromatic carbocycles. The number of hydrogen-bond acceptors (Lipinski definition) is 2. The van der Waals surface area contributed by atoms with Crippen molar-refractivity contribution in [3.8, 4) is 6.07 Å². The summed E-state index contributed by atoms with van der Waals surface area (Å²) in [4.78, 5) is 0. The van der Waals surface area contributed by atoms with Gasteiger partial charge in [0.25, 0.3) is 0 Å². The fourth-order valence-corrected chi connectivity index (χ4v) is 2.83. The monoisotopic (exact) mass is 261 g/mol. The van der Waals surface area contributed by atoms with Crippen molar-refractivity contribution in [3.05, 3.63) is 35.1 Å². The van der Waals surface area contributed by atoms with E-state index in [-0.39, 0.29) is 18.3 Å². The van der Waals surface area contributed by atoms with E-state index in [1.54, 1.807) is 12.1 Å². The second kappa shape index (κ2) is 6.68. The van der Waals surface area contributed by atoms with Crippen LogP contribution in [0.25, 0.3) is 0 Å². The highest BCUT2D eigenvalue weighted by molar-refractivity contribution is 5.34. The molecule has 1 aliphatic rings. The number of halogens is 1. The highest BCUT2D eigenvalue weighted by Gasteiger charge is 2.24. The molecular weight excluding hydrogens is 241 g/mol. The van der Waals surface area contributed by atoms with E-state index in [1.807, 2.05) is 6.07 Å². The molecule has 0 amide bonds. The minimum atomic E-state index is -0.436. The summed E-state index contributed by atoms with van der Waals surface area (Å²) in [6.07, 6.45) is 6.10. The second-order valence-electron chi connectivity index (χ2n) is 5.19. The topological polar surface area (TPSA) is 33.0 Å². The van der Waals surface area contributed by atoms with Gasteiger partial charge in [-0.2, -0.15) is 5.26 Å². The molecule has 0 spiro atoms. The fraction of sp³-hybridized carbons (Fsp3) is 0.562. The normalized spacial score (nSPS) is 23.0. The number of nitriles is 1. The van der Waals surface area contributed by atoms with Crippen LogP contribution in [0.1, 0.15) is 50.2 Å². The Morgan fingerprint density at radius 1 is 1.37 bits per heavy atom. The van der Waals surface area contributed by atoms with Gasteiger partial charge in [0.1, 0.15) is 11.9 Å². The highest BCUT2D eigenvalue weighted by Crippen LogP contribution is 2.30. The van der Waals surface area contributed by atoms with Crippen molar-refractivity contribution in [2.24, 2.45) is 5.92 Å². The van der Waals surface area contributed by atoms with Crippen LogP contribution >= 0.6 is 0 Å². The van der Waals surface area contributed by atoms with Gasteiger partial charge in [0.15, 0.2) is 0 Å². The number of ether oxygens (including phenoxy) is 1. The van der Waals surface area contributed by atoms with E-state index in [0.717, 1.165) is 12.8 Å². The van der Waals surface area contributed by atoms with E-state index in [1.165, 1.54) is 25.3 Å². The number of benzene rings is 1. The SMILES string of the molecule is CCC1CCCCC1OCc1cccc(C#N)c1F. The Bertz CT molecular complexity index is 466. The number of hydrogen-bond donors (Lipinski definition) is 0. The van der Waals surface area contributed by atoms with E-state index in [0.29, 0.717) is 11.5 Å². The van der Waals surface area contributed by atoms with Crippen LogP contribution in [0.3, 0.4) is 0 Å². The van der Waals surface area contributed by atoms with Crippen LogP contribution in [0.2, 0.25) is 0 Å². The molecule has 0 N–H and O–H groups in total. The third kappa shape index (κ3) is 3.33. The maximum Gasteiger partial charge on any atom is 0.146 e. The first-order chi connectivity index (χ1) is 9.26. The Hall–Kier alpha value is -1.40. The highest BCUT2D eigenvalue weighted by atomic mass is 19.1. The molecule has 1 aromatic rings. The summed E-state index contributed by atoms with van der Waals surface area (Å²) in [5.41, 5.74) is 0.580. The second-order valence-corrected chi connectivity index (χ2v) is 5.19. The molecule has 0 saturated heterocycles. The molecule has 3 heteroatoms. The lowest BCUT2D eigenvalue weighted by molar-refractivity contribution is -0.0231. The fourth-order valence-electron chi connectivity index (χ4n) is 2.83. The largest absolute Gasteiger partial charge is 0.373 e. The molecule has 1 aliphatic carbocycles. The third-order valence-corrected chi connectivity index (χ3v) is 4.02. The van der Waals surface area contributed by atoms with Gasteiger partial charge in [-0.15, -0.1) is 0 Å². The van der Waals surface area contributed by atoms with E-state index in [4.69, 9.17) is 10.00 Å². The third-order valence-electron chi connectivity index (χ3n) is 4.02. The van der Waals surface area contributed by atoms with Crippen molar-refractivity contribution in [1.82, 2.24) is 0 Å². The first-order valence-electron chi connectivity index (χ1n) is 7.05. The standard InChI is InChI=1S/C16H20FNO/c1-2-12-6-3-4-9-15(12)19-11-14-8-5-7-13(10-18)16(14)17/h5,7-8,12,15H,2-4,6,9,11H2,1H3. The summed E-state index contributed by atoms with van der Waals surface area (Å²) in [5.74, 6) is 0.157. The van der Waals surface area contributed by atoms with Gasteiger partial charge in [0.2, 0.25) is 0 Å². The first kappa shape index (κ1) is 14.0. The summed E-state index contributed by atoms with van der Waals surface area (Å²) in [7, 11) is 0. The lowest BCUT2D eigenvalue weighted by atomic mass is 9.85. The summed E-state index contributed by atoms with van der Waals surface area (Å²) in [6, 6.07) is 6.76. The van der Waals surface area contributed by atoms with Crippen LogP contribution in [0.5, 0.6) is 0 Å². The van der Waals surface area contributed by atoms with E-state index in [2.05, 4.69) is 6.92 Å². The molecule has 0 bridgehead atoms. The Labute approximate surface area is 114 Å². The molecule has 19 heavy (non-hydrogen) atoms. The van der Waals surface area contributed by atoms with Crippen molar-refractivity contribution in [2.45, 2.75) is 51.7 Å². The smallest absolute Gasteiger partial charge is 0.146 e. The molecule has 2 nitrogen and oxygen atoms in total. The number of nitrogens with zero attached hydrogens (tertiary/aromatic N) is 1. The van der Waals surface area contributed by atoms with Crippen LogP contribution in [0.4, 0.5) is 4.39 Å². The van der Waals surface area contributed by atoms with Crippen LogP contribution in [-0.2, 0) is 11.3 Å². The molecule has 1 saturated carbocycles. The lowest BCUT2D eigenvalue weighted by Crippen LogP contribution is -2.27. The Morgan fingerprint density at radius 3 is 2.89 bits per heavy atom. The van der Waals surface area contributed by atoms with E-state index < -0.39 is 5.82 Å². The average molecular weight is 261 g/mol. The molecule has 0 heterocycles. The van der Waals surface area contributed by atoms with Crippen molar-refractivity contribution in [2.75, 3.05) is 0 Å². The molecule has 2 atom stereocenters. The van der Waals surface area contributed by atoms with Gasteiger partial charge in [-0.1, -0.05) is 38.3 Å². The zero-order chi connectivity index (χ0) is 13.7. The zero-order valence-corrected chi connectivity index (χ0v) is 11.4. The lowest BCUT2D eigenvalue weighted by Gasteiger charge is -2.30. The van der Waals surface area contributed by atoms with E-state index >= 15 is 0 Å². The van der Waals surface area contributed by atoms with Crippen molar-refractivity contribution in [3.63, 3.8) is 0 Å². The molecule has 1 fully saturated rings. The summed E-state index contributed by atoms with van der Waals surface area (Å²) < 4.78 is 19.8. The summed E-state index contributed by atoms with van der Waals surface area (Å²) >= 11 is 0. The molecular formula is C16H20FNO. The minimum Gasteiger partial charge on any atom is -0.373 e. The van der Waals surface area contributed by atoms with Crippen molar-refractivity contribution >= 4 is 0 Å². The van der Waals surface area contributed by atoms with Crippen LogP contribution in [-0.4, -0.2) is 6.10 Å². The molecule has 2 unspecified atom stereocenters. The maximum atomic E-state index is 13.9. The van der Waals surface area contributed by atoms with Gasteiger partial charge in [0, 0.05) is 5.56 Å². The first-order valence-corrected chi connectivity index (χ1v) is 7.05. The molecule has 102 valence electrons. The van der Waals surface area contributed by atoms with E-state index in [9.17, 15) is 4.39 Å².